The molecule has 0 unspecified atom stereocenters. The maximum absolute atomic E-state index is 14.3. The Morgan fingerprint density at radius 1 is 0.594 bits per heavy atom. The Morgan fingerprint density at radius 3 is 1.64 bits per heavy atom. The number of nitrogens with zero attached hydrogens (tertiary/aromatic N) is 2. The number of nitrogens with one attached hydrogen (secondary N) is 6. The van der Waals surface area contributed by atoms with Crippen LogP contribution in [-0.2, 0) is 47.9 Å². The summed E-state index contributed by atoms with van der Waals surface area (Å²) in [7, 11) is 0. The minimum atomic E-state index is -1.35. The normalized spacial score (nSPS) is 18.9. The first kappa shape index (κ1) is 54.8. The lowest BCUT2D eigenvalue weighted by molar-refractivity contribution is -0.145. The van der Waals surface area contributed by atoms with Gasteiger partial charge >= 0.3 is 11.9 Å². The van der Waals surface area contributed by atoms with E-state index in [1.165, 1.54) is 16.7 Å². The molecule has 2 aliphatic rings. The Morgan fingerprint density at radius 2 is 1.14 bits per heavy atom. The minimum absolute atomic E-state index is 0.0958. The molecule has 2 saturated heterocycles. The number of amides is 8. The zero-order chi connectivity index (χ0) is 48.4. The standard InChI is InChI=1S/C42H72N10O12/c1-22(2)20-28(36(57)49-33(23(3)4)39(60)47-27(42(63)64)12-8-9-17-43)48-37(58)29-13-11-19-52(29)41(62)34(24(5)6)50-38(59)30-14-10-18-51(30)40(61)26(15-16-32(54)55)46-35(56)25(7)45-31(53)21-44/h22-30,33-34H,8-21,43-44H2,1-7H3,(H,45,53)(H,46,56)(H,47,60)(H,48,58)(H,49,57)(H,50,59)(H,54,55)(H,63,64)/t25-,26-,27-,28-,29-,30-,33-,34-/m0/s1. The Kier molecular flexibility index (Phi) is 22.6. The number of unbranched alkanes of at least 4 members (excludes halogenated alkanes) is 1. The molecule has 8 atom stereocenters. The van der Waals surface area contributed by atoms with Gasteiger partial charge in [-0.05, 0) is 89.0 Å². The Balaban J connectivity index is 2.25. The predicted octanol–water partition coefficient (Wildman–Crippen LogP) is -1.71. The van der Waals surface area contributed by atoms with Crippen molar-refractivity contribution in [1.82, 2.24) is 41.7 Å². The number of carbonyl (C=O) groups is 10. The fraction of sp³-hybridized carbons (Fsp3) is 0.762. The molecule has 0 saturated carbocycles. The van der Waals surface area contributed by atoms with Crippen molar-refractivity contribution in [3.8, 4) is 0 Å². The fourth-order valence-electron chi connectivity index (χ4n) is 7.71. The zero-order valence-corrected chi connectivity index (χ0v) is 38.3. The van der Waals surface area contributed by atoms with Gasteiger partial charge in [0.25, 0.3) is 0 Å². The molecule has 0 radical (unpaired) electrons. The zero-order valence-electron chi connectivity index (χ0n) is 38.3. The topological polar surface area (TPSA) is 342 Å². The maximum Gasteiger partial charge on any atom is 0.326 e. The average molecular weight is 909 g/mol. The van der Waals surface area contributed by atoms with Crippen LogP contribution < -0.4 is 43.4 Å². The molecule has 2 fully saturated rings. The highest BCUT2D eigenvalue weighted by Crippen LogP contribution is 2.24. The van der Waals surface area contributed by atoms with E-state index in [4.69, 9.17) is 11.5 Å². The molecule has 0 aromatic carbocycles. The van der Waals surface area contributed by atoms with E-state index in [2.05, 4.69) is 31.9 Å². The summed E-state index contributed by atoms with van der Waals surface area (Å²) in [5.74, 6) is -8.77. The first-order valence-corrected chi connectivity index (χ1v) is 22.3. The number of carboxylic acids is 2. The number of rotatable bonds is 26. The number of carbonyl (C=O) groups excluding carboxylic acids is 8. The van der Waals surface area contributed by atoms with Gasteiger partial charge in [0, 0.05) is 19.5 Å². The molecule has 8 amide bonds. The summed E-state index contributed by atoms with van der Waals surface area (Å²) in [4.78, 5) is 134. The van der Waals surface area contributed by atoms with Crippen LogP contribution in [0.1, 0.15) is 113 Å². The van der Waals surface area contributed by atoms with Crippen LogP contribution in [0.2, 0.25) is 0 Å². The average Bonchev–Trinajstić information content (AvgIpc) is 3.93. The molecule has 0 bridgehead atoms. The molecule has 22 heteroatoms. The molecule has 2 aliphatic heterocycles. The Bertz CT molecular complexity index is 1680. The molecule has 0 aliphatic carbocycles. The van der Waals surface area contributed by atoms with Gasteiger partial charge < -0.3 is 63.4 Å². The highest BCUT2D eigenvalue weighted by molar-refractivity contribution is 5.98. The molecule has 2 rings (SSSR count). The lowest BCUT2D eigenvalue weighted by atomic mass is 9.98. The molecule has 22 nitrogen and oxygen atoms in total. The van der Waals surface area contributed by atoms with E-state index < -0.39 is 126 Å². The third-order valence-electron chi connectivity index (χ3n) is 11.3. The van der Waals surface area contributed by atoms with Gasteiger partial charge in [-0.2, -0.15) is 0 Å². The van der Waals surface area contributed by atoms with E-state index in [-0.39, 0.29) is 57.7 Å². The number of carboxylic acid groups (broad SMARTS) is 2. The fourth-order valence-corrected chi connectivity index (χ4v) is 7.71. The van der Waals surface area contributed by atoms with Crippen molar-refractivity contribution in [2.24, 2.45) is 29.2 Å². The number of likely N-dealkylation sites (tertiary alicyclic amines) is 2. The lowest BCUT2D eigenvalue weighted by Gasteiger charge is -2.33. The second-order valence-electron chi connectivity index (χ2n) is 17.7. The number of nitrogens with two attached hydrogens (primary N) is 2. The lowest BCUT2D eigenvalue weighted by Crippen LogP contribution is -2.61. The first-order valence-electron chi connectivity index (χ1n) is 22.3. The summed E-state index contributed by atoms with van der Waals surface area (Å²) < 4.78 is 0. The van der Waals surface area contributed by atoms with E-state index in [1.54, 1.807) is 27.7 Å². The predicted molar refractivity (Wildman–Crippen MR) is 232 cm³/mol. The van der Waals surface area contributed by atoms with Crippen LogP contribution in [0.15, 0.2) is 0 Å². The maximum atomic E-state index is 14.3. The van der Waals surface area contributed by atoms with E-state index >= 15 is 0 Å². The van der Waals surface area contributed by atoms with E-state index in [9.17, 15) is 58.2 Å². The van der Waals surface area contributed by atoms with Crippen molar-refractivity contribution in [3.05, 3.63) is 0 Å². The van der Waals surface area contributed by atoms with Crippen molar-refractivity contribution in [1.29, 1.82) is 0 Å². The van der Waals surface area contributed by atoms with Crippen molar-refractivity contribution >= 4 is 59.2 Å². The molecular formula is C42H72N10O12. The van der Waals surface area contributed by atoms with Gasteiger partial charge in [-0.3, -0.25) is 43.2 Å². The summed E-state index contributed by atoms with van der Waals surface area (Å²) in [6.45, 7) is 12.1. The van der Waals surface area contributed by atoms with Gasteiger partial charge in [-0.1, -0.05) is 41.5 Å². The summed E-state index contributed by atoms with van der Waals surface area (Å²) >= 11 is 0. The molecule has 0 spiro atoms. The highest BCUT2D eigenvalue weighted by Gasteiger charge is 2.43. The molecule has 12 N–H and O–H groups in total. The van der Waals surface area contributed by atoms with Gasteiger partial charge in [0.15, 0.2) is 0 Å². The van der Waals surface area contributed by atoms with Crippen molar-refractivity contribution < 1.29 is 58.2 Å². The first-order chi connectivity index (χ1) is 30.0. The largest absolute Gasteiger partial charge is 0.481 e. The summed E-state index contributed by atoms with van der Waals surface area (Å²) in [5.41, 5.74) is 10.8. The van der Waals surface area contributed by atoms with Gasteiger partial charge in [-0.15, -0.1) is 0 Å². The molecule has 362 valence electrons. The van der Waals surface area contributed by atoms with Crippen molar-refractivity contribution in [2.45, 2.75) is 161 Å². The number of hydrogen-bond acceptors (Lipinski definition) is 12. The molecular weight excluding hydrogens is 837 g/mol. The molecule has 64 heavy (non-hydrogen) atoms. The van der Waals surface area contributed by atoms with Crippen LogP contribution in [0.5, 0.6) is 0 Å². The highest BCUT2D eigenvalue weighted by atomic mass is 16.4. The van der Waals surface area contributed by atoms with Gasteiger partial charge in [0.1, 0.15) is 48.3 Å². The SMILES string of the molecule is CC(C)C[C@H](NC(=O)[C@@H]1CCCN1C(=O)[C@@H](NC(=O)[C@@H]1CCCN1C(=O)[C@H](CCC(=O)O)NC(=O)[C@H](C)NC(=O)CN)C(C)C)C(=O)N[C@H](C(=O)N[C@@H](CCCCN)C(=O)O)C(C)C. The molecule has 2 heterocycles. The van der Waals surface area contributed by atoms with Crippen LogP contribution in [0.4, 0.5) is 0 Å². The van der Waals surface area contributed by atoms with E-state index in [1.807, 2.05) is 13.8 Å². The minimum Gasteiger partial charge on any atom is -0.481 e. The van der Waals surface area contributed by atoms with Crippen LogP contribution in [-0.4, -0.2) is 154 Å². The Labute approximate surface area is 374 Å². The van der Waals surface area contributed by atoms with Gasteiger partial charge in [0.2, 0.25) is 47.3 Å². The third kappa shape index (κ3) is 16.6. The van der Waals surface area contributed by atoms with E-state index in [0.29, 0.717) is 32.2 Å². The van der Waals surface area contributed by atoms with Crippen LogP contribution in [0.25, 0.3) is 0 Å². The second-order valence-corrected chi connectivity index (χ2v) is 17.7. The number of hydrogen-bond donors (Lipinski definition) is 10. The quantitative estimate of drug-likeness (QED) is 0.0433. The van der Waals surface area contributed by atoms with Crippen LogP contribution in [0.3, 0.4) is 0 Å². The van der Waals surface area contributed by atoms with Gasteiger partial charge in [0.05, 0.1) is 6.54 Å². The summed E-state index contributed by atoms with van der Waals surface area (Å²) in [6, 6.07) is -9.12. The molecule has 0 aromatic heterocycles. The van der Waals surface area contributed by atoms with Gasteiger partial charge in [-0.25, -0.2) is 4.79 Å². The third-order valence-corrected chi connectivity index (χ3v) is 11.3. The smallest absolute Gasteiger partial charge is 0.326 e. The van der Waals surface area contributed by atoms with Crippen molar-refractivity contribution in [2.75, 3.05) is 26.2 Å². The summed E-state index contributed by atoms with van der Waals surface area (Å²) in [5, 5.41) is 34.7. The monoisotopic (exact) mass is 909 g/mol. The van der Waals surface area contributed by atoms with Crippen LogP contribution >= 0.6 is 0 Å². The number of aliphatic carboxylic acids is 2. The summed E-state index contributed by atoms with van der Waals surface area (Å²) in [6.07, 6.45) is 1.89. The second kappa shape index (κ2) is 26.4. The van der Waals surface area contributed by atoms with Crippen molar-refractivity contribution in [3.63, 3.8) is 0 Å². The Hall–Kier alpha value is -5.38. The van der Waals surface area contributed by atoms with Crippen LogP contribution in [0, 0.1) is 17.8 Å². The van der Waals surface area contributed by atoms with E-state index in [0.717, 1.165) is 0 Å². The molecule has 0 aromatic rings.